The minimum absolute atomic E-state index is 0.0855. The summed E-state index contributed by atoms with van der Waals surface area (Å²) in [7, 11) is 4.34. The third kappa shape index (κ3) is 2.57. The zero-order valence-corrected chi connectivity index (χ0v) is 13.4. The molecule has 0 atom stereocenters. The van der Waals surface area contributed by atoms with E-state index >= 15 is 0 Å². The topological polar surface area (TPSA) is 26.7 Å². The van der Waals surface area contributed by atoms with Crippen molar-refractivity contribution in [1.82, 2.24) is 4.90 Å². The first-order valence-electron chi connectivity index (χ1n) is 7.89. The molecular weight excluding hydrogens is 272 g/mol. The Morgan fingerprint density at radius 1 is 0.909 bits per heavy atom. The molecule has 0 bridgehead atoms. The summed E-state index contributed by atoms with van der Waals surface area (Å²) in [6.07, 6.45) is 2.11. The van der Waals surface area contributed by atoms with E-state index in [1.807, 2.05) is 18.2 Å². The van der Waals surface area contributed by atoms with Crippen LogP contribution < -0.4 is 4.90 Å². The number of phenolic OH excluding ortho intramolecular Hbond substituents is 1. The Morgan fingerprint density at radius 2 is 1.50 bits per heavy atom. The lowest BCUT2D eigenvalue weighted by Gasteiger charge is -2.47. The molecule has 3 rings (SSSR count). The highest BCUT2D eigenvalue weighted by molar-refractivity contribution is 5.58. The van der Waals surface area contributed by atoms with Gasteiger partial charge >= 0.3 is 0 Å². The van der Waals surface area contributed by atoms with Crippen molar-refractivity contribution in [2.75, 3.05) is 32.1 Å². The molecule has 3 heteroatoms. The minimum atomic E-state index is 0.0855. The van der Waals surface area contributed by atoms with Gasteiger partial charge in [-0.2, -0.15) is 0 Å². The van der Waals surface area contributed by atoms with Crippen molar-refractivity contribution < 1.29 is 5.11 Å². The highest BCUT2D eigenvalue weighted by Gasteiger charge is 2.38. The van der Waals surface area contributed by atoms with Crippen LogP contribution >= 0.6 is 0 Å². The van der Waals surface area contributed by atoms with Crippen molar-refractivity contribution >= 4 is 5.69 Å². The lowest BCUT2D eigenvalue weighted by molar-refractivity contribution is 0.115. The number of hydrogen-bond acceptors (Lipinski definition) is 3. The van der Waals surface area contributed by atoms with Crippen molar-refractivity contribution in [3.05, 3.63) is 60.2 Å². The van der Waals surface area contributed by atoms with E-state index in [0.29, 0.717) is 5.75 Å². The predicted molar refractivity (Wildman–Crippen MR) is 91.4 cm³/mol. The van der Waals surface area contributed by atoms with Gasteiger partial charge in [0, 0.05) is 18.6 Å². The van der Waals surface area contributed by atoms with Gasteiger partial charge < -0.3 is 10.0 Å². The molecule has 1 aliphatic heterocycles. The fraction of sp³-hybridized carbons (Fsp3) is 0.368. The summed E-state index contributed by atoms with van der Waals surface area (Å²) in [6, 6.07) is 18.4. The van der Waals surface area contributed by atoms with Crippen molar-refractivity contribution in [3.63, 3.8) is 0 Å². The van der Waals surface area contributed by atoms with Gasteiger partial charge in [0.2, 0.25) is 0 Å². The molecular formula is C19H24N2O. The van der Waals surface area contributed by atoms with E-state index in [9.17, 15) is 5.11 Å². The largest absolute Gasteiger partial charge is 0.506 e. The number of anilines is 1. The molecule has 0 unspecified atom stereocenters. The van der Waals surface area contributed by atoms with Gasteiger partial charge in [-0.25, -0.2) is 0 Å². The normalized spacial score (nSPS) is 17.7. The van der Waals surface area contributed by atoms with E-state index in [1.165, 1.54) is 5.56 Å². The molecule has 1 saturated heterocycles. The van der Waals surface area contributed by atoms with Gasteiger partial charge in [-0.3, -0.25) is 4.90 Å². The number of benzene rings is 2. The number of hydrogen-bond donors (Lipinski definition) is 1. The smallest absolute Gasteiger partial charge is 0.138 e. The summed E-state index contributed by atoms with van der Waals surface area (Å²) in [5, 5.41) is 10.1. The molecule has 0 saturated carbocycles. The van der Waals surface area contributed by atoms with Crippen LogP contribution in [0.4, 0.5) is 5.69 Å². The second-order valence-corrected chi connectivity index (χ2v) is 6.27. The monoisotopic (exact) mass is 296 g/mol. The van der Waals surface area contributed by atoms with Crippen molar-refractivity contribution in [1.29, 1.82) is 0 Å². The van der Waals surface area contributed by atoms with Crippen LogP contribution in [0.15, 0.2) is 54.6 Å². The first-order chi connectivity index (χ1) is 10.6. The van der Waals surface area contributed by atoms with Gasteiger partial charge in [0.1, 0.15) is 5.75 Å². The van der Waals surface area contributed by atoms with Crippen LogP contribution in [0.1, 0.15) is 18.4 Å². The van der Waals surface area contributed by atoms with Crippen LogP contribution in [-0.2, 0) is 5.54 Å². The van der Waals surface area contributed by atoms with E-state index in [0.717, 1.165) is 31.6 Å². The average Bonchev–Trinajstić information content (AvgIpc) is 2.56. The third-order valence-electron chi connectivity index (χ3n) is 4.98. The molecule has 0 spiro atoms. The number of para-hydroxylation sites is 2. The molecule has 2 aromatic carbocycles. The first-order valence-corrected chi connectivity index (χ1v) is 7.89. The van der Waals surface area contributed by atoms with Crippen LogP contribution in [0.3, 0.4) is 0 Å². The zero-order valence-electron chi connectivity index (χ0n) is 13.4. The van der Waals surface area contributed by atoms with Gasteiger partial charge in [0.25, 0.3) is 0 Å². The van der Waals surface area contributed by atoms with Gasteiger partial charge in [0.15, 0.2) is 0 Å². The molecule has 1 fully saturated rings. The lowest BCUT2D eigenvalue weighted by atomic mass is 9.79. The Morgan fingerprint density at radius 3 is 2.09 bits per heavy atom. The fourth-order valence-electron chi connectivity index (χ4n) is 3.59. The van der Waals surface area contributed by atoms with E-state index in [1.54, 1.807) is 6.07 Å². The molecule has 22 heavy (non-hydrogen) atoms. The molecule has 2 aromatic rings. The van der Waals surface area contributed by atoms with Crippen molar-refractivity contribution in [2.24, 2.45) is 0 Å². The Hall–Kier alpha value is -2.00. The zero-order chi connectivity index (χ0) is 15.6. The number of phenols is 1. The Balaban J connectivity index is 1.83. The van der Waals surface area contributed by atoms with Gasteiger partial charge in [-0.1, -0.05) is 42.5 Å². The minimum Gasteiger partial charge on any atom is -0.506 e. The van der Waals surface area contributed by atoms with Crippen LogP contribution in [0, 0.1) is 0 Å². The Kier molecular flexibility index (Phi) is 4.08. The van der Waals surface area contributed by atoms with Gasteiger partial charge in [0.05, 0.1) is 5.69 Å². The highest BCUT2D eigenvalue weighted by atomic mass is 16.3. The number of aromatic hydroxyl groups is 1. The number of nitrogens with zero attached hydrogens (tertiary/aromatic N) is 2. The molecule has 0 aromatic heterocycles. The summed E-state index contributed by atoms with van der Waals surface area (Å²) >= 11 is 0. The van der Waals surface area contributed by atoms with E-state index in [2.05, 4.69) is 54.2 Å². The van der Waals surface area contributed by atoms with Crippen LogP contribution in [0.25, 0.3) is 0 Å². The molecule has 0 radical (unpaired) electrons. The first kappa shape index (κ1) is 14.9. The van der Waals surface area contributed by atoms with Gasteiger partial charge in [-0.05, 0) is 44.6 Å². The summed E-state index contributed by atoms with van der Waals surface area (Å²) in [4.78, 5) is 4.64. The number of rotatable bonds is 3. The third-order valence-corrected chi connectivity index (χ3v) is 4.98. The SMILES string of the molecule is CN(C)C1(c2ccccc2)CCN(c2ccccc2O)CC1. The van der Waals surface area contributed by atoms with E-state index in [-0.39, 0.29) is 5.54 Å². The second-order valence-electron chi connectivity index (χ2n) is 6.27. The van der Waals surface area contributed by atoms with E-state index in [4.69, 9.17) is 0 Å². The molecule has 1 aliphatic rings. The quantitative estimate of drug-likeness (QED) is 0.940. The Labute approximate surface area is 132 Å². The van der Waals surface area contributed by atoms with Crippen molar-refractivity contribution in [3.8, 4) is 5.75 Å². The molecule has 116 valence electrons. The van der Waals surface area contributed by atoms with Gasteiger partial charge in [-0.15, -0.1) is 0 Å². The summed E-state index contributed by atoms with van der Waals surface area (Å²) in [6.45, 7) is 1.90. The Bertz CT molecular complexity index is 616. The summed E-state index contributed by atoms with van der Waals surface area (Å²) in [5.41, 5.74) is 2.42. The fourth-order valence-corrected chi connectivity index (χ4v) is 3.59. The van der Waals surface area contributed by atoms with Crippen LogP contribution in [0.5, 0.6) is 5.75 Å². The summed E-state index contributed by atoms with van der Waals surface area (Å²) < 4.78 is 0. The summed E-state index contributed by atoms with van der Waals surface area (Å²) in [5.74, 6) is 0.375. The van der Waals surface area contributed by atoms with Crippen LogP contribution in [-0.4, -0.2) is 37.2 Å². The number of piperidine rings is 1. The maximum Gasteiger partial charge on any atom is 0.138 e. The maximum absolute atomic E-state index is 10.1. The predicted octanol–water partition coefficient (Wildman–Crippen LogP) is 3.45. The average molecular weight is 296 g/mol. The molecule has 0 amide bonds. The van der Waals surface area contributed by atoms with E-state index < -0.39 is 0 Å². The maximum atomic E-state index is 10.1. The molecule has 3 nitrogen and oxygen atoms in total. The molecule has 1 heterocycles. The highest BCUT2D eigenvalue weighted by Crippen LogP contribution is 2.39. The van der Waals surface area contributed by atoms with Crippen LogP contribution in [0.2, 0.25) is 0 Å². The van der Waals surface area contributed by atoms with Crippen molar-refractivity contribution in [2.45, 2.75) is 18.4 Å². The standard InChI is InChI=1S/C19H24N2O/c1-20(2)19(16-8-4-3-5-9-16)12-14-21(15-13-19)17-10-6-7-11-18(17)22/h3-11,22H,12-15H2,1-2H3. The molecule has 1 N–H and O–H groups in total. The molecule has 0 aliphatic carbocycles. The lowest BCUT2D eigenvalue weighted by Crippen LogP contribution is -2.50. The second kappa shape index (κ2) is 6.01.